The maximum Gasteiger partial charge on any atom is 0.330 e. The maximum absolute atomic E-state index is 10.8. The third-order valence-corrected chi connectivity index (χ3v) is 3.79. The molecule has 0 aliphatic carbocycles. The van der Waals surface area contributed by atoms with Crippen LogP contribution in [0.15, 0.2) is 35.9 Å². The molecule has 1 heterocycles. The Morgan fingerprint density at radius 1 is 1.29 bits per heavy atom. The quantitative estimate of drug-likeness (QED) is 0.839. The van der Waals surface area contributed by atoms with Gasteiger partial charge in [-0.15, -0.1) is 0 Å². The van der Waals surface area contributed by atoms with E-state index >= 15 is 0 Å². The zero-order valence-electron chi connectivity index (χ0n) is 12.6. The van der Waals surface area contributed by atoms with Gasteiger partial charge in [0.1, 0.15) is 5.75 Å². The first-order chi connectivity index (χ1) is 10.1. The van der Waals surface area contributed by atoms with Crippen molar-refractivity contribution in [3.63, 3.8) is 0 Å². The Bertz CT molecular complexity index is 520. The van der Waals surface area contributed by atoms with Crippen LogP contribution in [0.3, 0.4) is 0 Å². The van der Waals surface area contributed by atoms with Crippen molar-refractivity contribution in [2.45, 2.75) is 6.92 Å². The molecule has 0 radical (unpaired) electrons. The molecule has 2 rings (SSSR count). The Balaban J connectivity index is 1.91. The van der Waals surface area contributed by atoms with E-state index in [0.29, 0.717) is 12.1 Å². The molecule has 21 heavy (non-hydrogen) atoms. The number of rotatable bonds is 5. The number of carboxylic acid groups (broad SMARTS) is 1. The molecule has 0 spiro atoms. The van der Waals surface area contributed by atoms with Crippen LogP contribution in [0.2, 0.25) is 0 Å². The average molecular weight is 290 g/mol. The normalized spacial score (nSPS) is 16.9. The van der Waals surface area contributed by atoms with Crippen molar-refractivity contribution in [2.75, 3.05) is 44.7 Å². The summed E-state index contributed by atoms with van der Waals surface area (Å²) in [5.41, 5.74) is 1.53. The lowest BCUT2D eigenvalue weighted by molar-refractivity contribution is -0.132. The van der Waals surface area contributed by atoms with Crippen LogP contribution in [0, 0.1) is 0 Å². The summed E-state index contributed by atoms with van der Waals surface area (Å²) >= 11 is 0. The highest BCUT2D eigenvalue weighted by atomic mass is 16.5. The van der Waals surface area contributed by atoms with Gasteiger partial charge in [0.2, 0.25) is 0 Å². The summed E-state index contributed by atoms with van der Waals surface area (Å²) in [5.74, 6) is 0.0511. The van der Waals surface area contributed by atoms with Crippen molar-refractivity contribution in [3.05, 3.63) is 35.9 Å². The van der Waals surface area contributed by atoms with Crippen LogP contribution in [-0.4, -0.2) is 55.8 Å². The molecule has 5 nitrogen and oxygen atoms in total. The Morgan fingerprint density at radius 3 is 2.57 bits per heavy atom. The number of ether oxygens (including phenoxy) is 1. The number of para-hydroxylation sites is 2. The standard InChI is InChI=1S/C16H22N2O3/c1-13(16(19)20)7-8-17-9-11-18(12-10-17)14-5-3-4-6-15(14)21-2/h3-7H,8-12H2,1-2H3,(H,19,20). The van der Waals surface area contributed by atoms with Gasteiger partial charge in [-0.1, -0.05) is 18.2 Å². The van der Waals surface area contributed by atoms with E-state index in [4.69, 9.17) is 9.84 Å². The van der Waals surface area contributed by atoms with Crippen LogP contribution in [0.1, 0.15) is 6.92 Å². The second-order valence-corrected chi connectivity index (χ2v) is 5.15. The molecule has 1 N–H and O–H groups in total. The molecular formula is C16H22N2O3. The smallest absolute Gasteiger partial charge is 0.330 e. The zero-order valence-corrected chi connectivity index (χ0v) is 12.6. The molecule has 0 amide bonds. The van der Waals surface area contributed by atoms with Crippen molar-refractivity contribution in [1.82, 2.24) is 4.90 Å². The van der Waals surface area contributed by atoms with E-state index in [-0.39, 0.29) is 0 Å². The third kappa shape index (κ3) is 3.98. The number of methoxy groups -OCH3 is 1. The van der Waals surface area contributed by atoms with E-state index in [9.17, 15) is 4.79 Å². The van der Waals surface area contributed by atoms with Crippen molar-refractivity contribution in [2.24, 2.45) is 0 Å². The van der Waals surface area contributed by atoms with Crippen molar-refractivity contribution in [3.8, 4) is 5.75 Å². The number of hydrogen-bond donors (Lipinski definition) is 1. The lowest BCUT2D eigenvalue weighted by atomic mass is 10.2. The van der Waals surface area contributed by atoms with Crippen LogP contribution in [0.4, 0.5) is 5.69 Å². The molecule has 114 valence electrons. The van der Waals surface area contributed by atoms with Crippen molar-refractivity contribution < 1.29 is 14.6 Å². The largest absolute Gasteiger partial charge is 0.495 e. The second-order valence-electron chi connectivity index (χ2n) is 5.15. The lowest BCUT2D eigenvalue weighted by Crippen LogP contribution is -2.46. The molecule has 0 bridgehead atoms. The minimum Gasteiger partial charge on any atom is -0.495 e. The van der Waals surface area contributed by atoms with Gasteiger partial charge in [-0.3, -0.25) is 4.90 Å². The van der Waals surface area contributed by atoms with E-state index in [1.807, 2.05) is 18.2 Å². The van der Waals surface area contributed by atoms with E-state index in [1.54, 1.807) is 20.1 Å². The van der Waals surface area contributed by atoms with Gasteiger partial charge in [0.25, 0.3) is 0 Å². The van der Waals surface area contributed by atoms with Crippen LogP contribution >= 0.6 is 0 Å². The van der Waals surface area contributed by atoms with Gasteiger partial charge in [0, 0.05) is 38.3 Å². The van der Waals surface area contributed by atoms with Crippen molar-refractivity contribution >= 4 is 11.7 Å². The number of benzene rings is 1. The van der Waals surface area contributed by atoms with Gasteiger partial charge in [-0.25, -0.2) is 4.79 Å². The van der Waals surface area contributed by atoms with Crippen LogP contribution in [-0.2, 0) is 4.79 Å². The van der Waals surface area contributed by atoms with Gasteiger partial charge in [-0.05, 0) is 19.1 Å². The first-order valence-electron chi connectivity index (χ1n) is 7.12. The summed E-state index contributed by atoms with van der Waals surface area (Å²) < 4.78 is 5.40. The number of aliphatic carboxylic acids is 1. The number of piperazine rings is 1. The molecule has 1 fully saturated rings. The molecule has 0 unspecified atom stereocenters. The molecule has 5 heteroatoms. The molecule has 1 aromatic carbocycles. The van der Waals surface area contributed by atoms with Crippen LogP contribution < -0.4 is 9.64 Å². The monoisotopic (exact) mass is 290 g/mol. The Morgan fingerprint density at radius 2 is 1.95 bits per heavy atom. The molecule has 1 aliphatic heterocycles. The molecule has 0 saturated carbocycles. The number of nitrogens with zero attached hydrogens (tertiary/aromatic N) is 2. The summed E-state index contributed by atoms with van der Waals surface area (Å²) in [6.07, 6.45) is 1.78. The molecular weight excluding hydrogens is 268 g/mol. The highest BCUT2D eigenvalue weighted by molar-refractivity contribution is 5.85. The van der Waals surface area contributed by atoms with Gasteiger partial charge >= 0.3 is 5.97 Å². The summed E-state index contributed by atoms with van der Waals surface area (Å²) in [6, 6.07) is 8.03. The number of anilines is 1. The first-order valence-corrected chi connectivity index (χ1v) is 7.12. The predicted octanol–water partition coefficient (Wildman–Crippen LogP) is 1.85. The minimum absolute atomic E-state index is 0.405. The summed E-state index contributed by atoms with van der Waals surface area (Å²) in [6.45, 7) is 5.99. The Hall–Kier alpha value is -2.01. The van der Waals surface area contributed by atoms with Gasteiger partial charge in [0.05, 0.1) is 12.8 Å². The molecule has 1 aliphatic rings. The predicted molar refractivity (Wildman–Crippen MR) is 83.0 cm³/mol. The molecule has 0 aromatic heterocycles. The lowest BCUT2D eigenvalue weighted by Gasteiger charge is -2.36. The zero-order chi connectivity index (χ0) is 15.2. The molecule has 1 saturated heterocycles. The van der Waals surface area contributed by atoms with Crippen LogP contribution in [0.25, 0.3) is 0 Å². The fourth-order valence-electron chi connectivity index (χ4n) is 2.42. The fourth-order valence-corrected chi connectivity index (χ4v) is 2.42. The van der Waals surface area contributed by atoms with Gasteiger partial charge in [0.15, 0.2) is 0 Å². The highest BCUT2D eigenvalue weighted by Gasteiger charge is 2.18. The highest BCUT2D eigenvalue weighted by Crippen LogP contribution is 2.28. The van der Waals surface area contributed by atoms with E-state index in [1.165, 1.54) is 0 Å². The van der Waals surface area contributed by atoms with Crippen LogP contribution in [0.5, 0.6) is 5.75 Å². The number of carbonyl (C=O) groups is 1. The average Bonchev–Trinajstić information content (AvgIpc) is 2.53. The Kier molecular flexibility index (Phi) is 5.22. The minimum atomic E-state index is -0.845. The van der Waals surface area contributed by atoms with E-state index in [0.717, 1.165) is 37.6 Å². The van der Waals surface area contributed by atoms with E-state index < -0.39 is 5.97 Å². The van der Waals surface area contributed by atoms with Gasteiger partial charge < -0.3 is 14.7 Å². The summed E-state index contributed by atoms with van der Waals surface area (Å²) in [5, 5.41) is 8.85. The van der Waals surface area contributed by atoms with Gasteiger partial charge in [-0.2, -0.15) is 0 Å². The van der Waals surface area contributed by atoms with Crippen molar-refractivity contribution in [1.29, 1.82) is 0 Å². The number of hydrogen-bond acceptors (Lipinski definition) is 4. The SMILES string of the molecule is COc1ccccc1N1CCN(CC=C(C)C(=O)O)CC1. The first kappa shape index (κ1) is 15.4. The van der Waals surface area contributed by atoms with E-state index in [2.05, 4.69) is 15.9 Å². The molecule has 0 atom stereocenters. The maximum atomic E-state index is 10.8. The Labute approximate surface area is 125 Å². The third-order valence-electron chi connectivity index (χ3n) is 3.79. The molecule has 1 aromatic rings. The summed E-state index contributed by atoms with van der Waals surface area (Å²) in [4.78, 5) is 15.3. The summed E-state index contributed by atoms with van der Waals surface area (Å²) in [7, 11) is 1.69. The topological polar surface area (TPSA) is 53.0 Å². The fraction of sp³-hybridized carbons (Fsp3) is 0.438. The number of carboxylic acids is 1. The second kappa shape index (κ2) is 7.13.